The van der Waals surface area contributed by atoms with Crippen molar-refractivity contribution in [2.24, 2.45) is 0 Å². The Labute approximate surface area is 116 Å². The first-order valence-corrected chi connectivity index (χ1v) is 5.72. The Morgan fingerprint density at radius 1 is 1.26 bits per heavy atom. The van der Waals surface area contributed by atoms with Crippen LogP contribution in [0.5, 0.6) is 0 Å². The van der Waals surface area contributed by atoms with Crippen molar-refractivity contribution in [3.63, 3.8) is 0 Å². The van der Waals surface area contributed by atoms with Crippen LogP contribution in [0, 0.1) is 0 Å². The molecule has 3 aromatic rings. The number of nitrogens with one attached hydrogen (secondary N) is 1. The summed E-state index contributed by atoms with van der Waals surface area (Å²) in [6.07, 6.45) is 1.44. The molecule has 0 spiro atoms. The number of anilines is 1. The van der Waals surface area contributed by atoms with E-state index in [0.717, 1.165) is 0 Å². The van der Waals surface area contributed by atoms with Crippen LogP contribution in [0.2, 0.25) is 10.0 Å². The van der Waals surface area contributed by atoms with Crippen LogP contribution < -0.4 is 5.73 Å². The van der Waals surface area contributed by atoms with Crippen LogP contribution in [-0.4, -0.2) is 30.3 Å². The number of H-pyrrole nitrogens is 1. The number of hydrogen-bond acceptors (Lipinski definition) is 7. The minimum absolute atomic E-state index is 0.0809. The predicted octanol–water partition coefficient (Wildman–Crippen LogP) is 1.81. The number of hydrogen-bond donors (Lipinski definition) is 2. The van der Waals surface area contributed by atoms with Gasteiger partial charge in [-0.05, 0) is 6.07 Å². The first-order chi connectivity index (χ1) is 9.13. The monoisotopic (exact) mass is 297 g/mol. The van der Waals surface area contributed by atoms with Crippen molar-refractivity contribution < 1.29 is 4.52 Å². The number of pyridine rings is 1. The minimum Gasteiger partial charge on any atom is -0.366 e. The minimum atomic E-state index is 0.0809. The maximum Gasteiger partial charge on any atom is 0.295 e. The standard InChI is InChI=1S/C9H5Cl2N7O/c10-3-1-4(11)5(13-2-3)6-14-8(19-18-6)7-15-9(12)17-16-7/h1-2H,(H3,12,15,16,17). The molecule has 3 heterocycles. The zero-order valence-corrected chi connectivity index (χ0v) is 10.6. The molecule has 0 saturated heterocycles. The fourth-order valence-corrected chi connectivity index (χ4v) is 1.83. The van der Waals surface area contributed by atoms with E-state index in [1.54, 1.807) is 0 Å². The van der Waals surface area contributed by atoms with E-state index in [9.17, 15) is 0 Å². The lowest BCUT2D eigenvalue weighted by molar-refractivity contribution is 0.429. The van der Waals surface area contributed by atoms with Crippen molar-refractivity contribution in [2.75, 3.05) is 5.73 Å². The number of nitrogens with two attached hydrogens (primary N) is 1. The number of rotatable bonds is 2. The summed E-state index contributed by atoms with van der Waals surface area (Å²) in [4.78, 5) is 12.0. The van der Waals surface area contributed by atoms with E-state index in [4.69, 9.17) is 33.5 Å². The Kier molecular flexibility index (Phi) is 2.80. The van der Waals surface area contributed by atoms with E-state index >= 15 is 0 Å². The lowest BCUT2D eigenvalue weighted by Crippen LogP contribution is -1.88. The molecular formula is C9H5Cl2N7O. The highest BCUT2D eigenvalue weighted by Crippen LogP contribution is 2.27. The van der Waals surface area contributed by atoms with Crippen LogP contribution in [0.3, 0.4) is 0 Å². The van der Waals surface area contributed by atoms with Crippen molar-refractivity contribution >= 4 is 29.2 Å². The summed E-state index contributed by atoms with van der Waals surface area (Å²) in [7, 11) is 0. The van der Waals surface area contributed by atoms with Gasteiger partial charge in [0, 0.05) is 6.20 Å². The molecule has 8 nitrogen and oxygen atoms in total. The first-order valence-electron chi connectivity index (χ1n) is 4.97. The van der Waals surface area contributed by atoms with Crippen LogP contribution in [0.25, 0.3) is 23.2 Å². The molecule has 0 fully saturated rings. The molecular weight excluding hydrogens is 293 g/mol. The summed E-state index contributed by atoms with van der Waals surface area (Å²) >= 11 is 11.8. The lowest BCUT2D eigenvalue weighted by atomic mass is 10.3. The molecule has 0 aromatic carbocycles. The van der Waals surface area contributed by atoms with E-state index in [0.29, 0.717) is 15.7 Å². The lowest BCUT2D eigenvalue weighted by Gasteiger charge is -1.97. The number of halogens is 2. The molecule has 0 unspecified atom stereocenters. The van der Waals surface area contributed by atoms with Crippen molar-refractivity contribution in [2.45, 2.75) is 0 Å². The maximum absolute atomic E-state index is 6.00. The van der Waals surface area contributed by atoms with Gasteiger partial charge >= 0.3 is 0 Å². The second-order valence-corrected chi connectivity index (χ2v) is 4.29. The summed E-state index contributed by atoms with van der Waals surface area (Å²) in [6, 6.07) is 1.54. The van der Waals surface area contributed by atoms with Crippen LogP contribution >= 0.6 is 23.2 Å². The Morgan fingerprint density at radius 3 is 2.79 bits per heavy atom. The normalized spacial score (nSPS) is 10.8. The number of aromatic nitrogens is 6. The van der Waals surface area contributed by atoms with Gasteiger partial charge < -0.3 is 10.3 Å². The van der Waals surface area contributed by atoms with E-state index in [1.165, 1.54) is 12.3 Å². The summed E-state index contributed by atoms with van der Waals surface area (Å²) in [6.45, 7) is 0. The van der Waals surface area contributed by atoms with Gasteiger partial charge in [-0.2, -0.15) is 9.97 Å². The van der Waals surface area contributed by atoms with Crippen LogP contribution in [0.4, 0.5) is 5.95 Å². The molecule has 0 aliphatic heterocycles. The number of nitrogens with zero attached hydrogens (tertiary/aromatic N) is 5. The highest BCUT2D eigenvalue weighted by molar-refractivity contribution is 6.35. The number of nitrogen functional groups attached to an aromatic ring is 1. The summed E-state index contributed by atoms with van der Waals surface area (Å²) in [5, 5.41) is 10.7. The summed E-state index contributed by atoms with van der Waals surface area (Å²) < 4.78 is 5.02. The molecule has 0 bridgehead atoms. The molecule has 0 amide bonds. The van der Waals surface area contributed by atoms with E-state index in [-0.39, 0.29) is 23.5 Å². The Bertz CT molecular complexity index is 738. The second kappa shape index (κ2) is 4.48. The van der Waals surface area contributed by atoms with Gasteiger partial charge in [0.05, 0.1) is 10.0 Å². The Balaban J connectivity index is 2.01. The van der Waals surface area contributed by atoms with E-state index in [1.807, 2.05) is 0 Å². The maximum atomic E-state index is 6.00. The van der Waals surface area contributed by atoms with E-state index < -0.39 is 0 Å². The van der Waals surface area contributed by atoms with Crippen molar-refractivity contribution in [3.05, 3.63) is 22.3 Å². The van der Waals surface area contributed by atoms with Crippen LogP contribution in [0.15, 0.2) is 16.8 Å². The Morgan fingerprint density at radius 2 is 2.11 bits per heavy atom. The fraction of sp³-hybridized carbons (Fsp3) is 0. The highest BCUT2D eigenvalue weighted by atomic mass is 35.5. The van der Waals surface area contributed by atoms with Gasteiger partial charge in [-0.15, -0.1) is 5.10 Å². The zero-order chi connectivity index (χ0) is 13.4. The molecule has 0 saturated carbocycles. The quantitative estimate of drug-likeness (QED) is 0.740. The van der Waals surface area contributed by atoms with Crippen molar-refractivity contribution in [1.29, 1.82) is 0 Å². The third-order valence-corrected chi connectivity index (χ3v) is 2.65. The van der Waals surface area contributed by atoms with Gasteiger partial charge in [0.1, 0.15) is 5.69 Å². The SMILES string of the molecule is Nc1n[nH]c(-c2nc(-c3ncc(Cl)cc3Cl)no2)n1. The zero-order valence-electron chi connectivity index (χ0n) is 9.13. The summed E-state index contributed by atoms with van der Waals surface area (Å²) in [5.74, 6) is 0.692. The molecule has 0 aliphatic carbocycles. The fourth-order valence-electron chi connectivity index (χ4n) is 1.37. The molecule has 0 atom stereocenters. The van der Waals surface area contributed by atoms with Crippen molar-refractivity contribution in [3.8, 4) is 23.2 Å². The van der Waals surface area contributed by atoms with Gasteiger partial charge in [0.25, 0.3) is 5.89 Å². The van der Waals surface area contributed by atoms with Gasteiger partial charge in [0.2, 0.25) is 17.6 Å². The smallest absolute Gasteiger partial charge is 0.295 e. The van der Waals surface area contributed by atoms with Gasteiger partial charge in [-0.3, -0.25) is 5.10 Å². The number of aromatic amines is 1. The Hall–Kier alpha value is -2.19. The third kappa shape index (κ3) is 2.23. The van der Waals surface area contributed by atoms with Gasteiger partial charge in [0.15, 0.2) is 0 Å². The summed E-state index contributed by atoms with van der Waals surface area (Å²) in [5.41, 5.74) is 5.74. The van der Waals surface area contributed by atoms with Gasteiger partial charge in [-0.1, -0.05) is 28.4 Å². The van der Waals surface area contributed by atoms with Crippen LogP contribution in [-0.2, 0) is 0 Å². The molecule has 10 heteroatoms. The molecule has 0 radical (unpaired) electrons. The second-order valence-electron chi connectivity index (χ2n) is 3.45. The topological polar surface area (TPSA) is 119 Å². The molecule has 3 rings (SSSR count). The average Bonchev–Trinajstić information content (AvgIpc) is 2.97. The molecule has 3 N–H and O–H groups in total. The molecule has 0 aliphatic rings. The predicted molar refractivity (Wildman–Crippen MR) is 67.3 cm³/mol. The average molecular weight is 298 g/mol. The molecule has 19 heavy (non-hydrogen) atoms. The molecule has 96 valence electrons. The van der Waals surface area contributed by atoms with E-state index in [2.05, 4.69) is 30.3 Å². The first kappa shape index (κ1) is 11.9. The third-order valence-electron chi connectivity index (χ3n) is 2.15. The highest BCUT2D eigenvalue weighted by Gasteiger charge is 2.17. The van der Waals surface area contributed by atoms with Crippen LogP contribution in [0.1, 0.15) is 0 Å². The largest absolute Gasteiger partial charge is 0.366 e. The molecule has 3 aromatic heterocycles. The van der Waals surface area contributed by atoms with Gasteiger partial charge in [-0.25, -0.2) is 4.98 Å². The van der Waals surface area contributed by atoms with Crippen molar-refractivity contribution in [1.82, 2.24) is 30.3 Å².